The molecule has 1 amide bonds. The normalized spacial score (nSPS) is 10.6. The number of unbranched alkanes of at least 4 members (excludes halogenated alkanes) is 1. The lowest BCUT2D eigenvalue weighted by Gasteiger charge is -2.10. The third-order valence-corrected chi connectivity index (χ3v) is 6.63. The molecule has 8 nitrogen and oxygen atoms in total. The second-order valence-electron chi connectivity index (χ2n) is 9.47. The summed E-state index contributed by atoms with van der Waals surface area (Å²) in [7, 11) is 0. The summed E-state index contributed by atoms with van der Waals surface area (Å²) in [5.74, 6) is -1.07. The molecule has 204 valence electrons. The lowest BCUT2D eigenvalue weighted by Crippen LogP contribution is -2.22. The molecule has 40 heavy (non-hydrogen) atoms. The van der Waals surface area contributed by atoms with Crippen molar-refractivity contribution in [1.82, 2.24) is 5.32 Å². The van der Waals surface area contributed by atoms with Crippen molar-refractivity contribution in [3.05, 3.63) is 129 Å². The minimum atomic E-state index is -0.978. The van der Waals surface area contributed by atoms with E-state index in [1.807, 2.05) is 60.7 Å². The van der Waals surface area contributed by atoms with Gasteiger partial charge in [0.2, 0.25) is 5.91 Å². The summed E-state index contributed by atoms with van der Waals surface area (Å²) in [6.07, 6.45) is 2.08. The fourth-order valence-corrected chi connectivity index (χ4v) is 4.49. The number of carboxylic acids is 1. The molecule has 0 saturated carbocycles. The number of anilines is 1. The third kappa shape index (κ3) is 7.77. The van der Waals surface area contributed by atoms with Crippen LogP contribution in [0.15, 0.2) is 97.1 Å². The number of nitro groups is 1. The summed E-state index contributed by atoms with van der Waals surface area (Å²) >= 11 is 0. The van der Waals surface area contributed by atoms with Crippen LogP contribution in [0.4, 0.5) is 11.4 Å². The first kappa shape index (κ1) is 28.0. The maximum Gasteiger partial charge on any atom is 0.336 e. The molecule has 0 aromatic heterocycles. The second kappa shape index (κ2) is 13.7. The predicted octanol–water partition coefficient (Wildman–Crippen LogP) is 6.60. The molecule has 0 atom stereocenters. The quantitative estimate of drug-likeness (QED) is 0.100. The number of amides is 1. The number of benzene rings is 4. The minimum absolute atomic E-state index is 0.0872. The molecule has 0 aliphatic rings. The van der Waals surface area contributed by atoms with Crippen molar-refractivity contribution in [1.29, 1.82) is 0 Å². The smallest absolute Gasteiger partial charge is 0.336 e. The molecule has 0 saturated heterocycles. The van der Waals surface area contributed by atoms with E-state index in [-0.39, 0.29) is 22.1 Å². The highest BCUT2D eigenvalue weighted by Gasteiger charge is 2.15. The van der Waals surface area contributed by atoms with Crippen molar-refractivity contribution in [2.45, 2.75) is 38.8 Å². The fraction of sp³-hybridized carbons (Fsp3) is 0.188. The lowest BCUT2D eigenvalue weighted by molar-refractivity contribution is -0.385. The van der Waals surface area contributed by atoms with Crippen LogP contribution in [0, 0.1) is 10.1 Å². The van der Waals surface area contributed by atoms with Crippen LogP contribution in [0.25, 0.3) is 11.1 Å². The van der Waals surface area contributed by atoms with Gasteiger partial charge in [-0.05, 0) is 59.7 Å². The first-order valence-electron chi connectivity index (χ1n) is 13.1. The van der Waals surface area contributed by atoms with E-state index in [1.54, 1.807) is 30.3 Å². The number of aromatic carboxylic acids is 1. The van der Waals surface area contributed by atoms with Crippen molar-refractivity contribution in [2.75, 3.05) is 5.32 Å². The number of carbonyl (C=O) groups excluding carboxylic acids is 1. The highest BCUT2D eigenvalue weighted by molar-refractivity contribution is 5.96. The number of rotatable bonds is 13. The van der Waals surface area contributed by atoms with Crippen LogP contribution in [0.1, 0.15) is 46.3 Å². The number of carboxylic acid groups (broad SMARTS) is 1. The largest absolute Gasteiger partial charge is 0.478 e. The Hall–Kier alpha value is -4.98. The molecule has 4 rings (SSSR count). The molecular weight excluding hydrogens is 506 g/mol. The Labute approximate surface area is 232 Å². The Morgan fingerprint density at radius 3 is 2.23 bits per heavy atom. The van der Waals surface area contributed by atoms with Crippen LogP contribution in [-0.2, 0) is 24.3 Å². The molecular formula is C32H31N3O5. The van der Waals surface area contributed by atoms with E-state index in [4.69, 9.17) is 0 Å². The van der Waals surface area contributed by atoms with E-state index in [0.717, 1.165) is 22.4 Å². The van der Waals surface area contributed by atoms with Gasteiger partial charge < -0.3 is 15.7 Å². The van der Waals surface area contributed by atoms with Gasteiger partial charge in [-0.15, -0.1) is 0 Å². The van der Waals surface area contributed by atoms with Gasteiger partial charge in [0.25, 0.3) is 5.69 Å². The first-order chi connectivity index (χ1) is 19.4. The summed E-state index contributed by atoms with van der Waals surface area (Å²) in [5.41, 5.74) is 5.25. The molecule has 0 unspecified atom stereocenters. The Balaban J connectivity index is 1.24. The topological polar surface area (TPSA) is 122 Å². The zero-order valence-electron chi connectivity index (χ0n) is 22.0. The van der Waals surface area contributed by atoms with Crippen LogP contribution in [0.3, 0.4) is 0 Å². The molecule has 0 heterocycles. The average molecular weight is 538 g/mol. The van der Waals surface area contributed by atoms with Crippen molar-refractivity contribution in [2.24, 2.45) is 0 Å². The molecule has 0 bridgehead atoms. The minimum Gasteiger partial charge on any atom is -0.478 e. The van der Waals surface area contributed by atoms with Gasteiger partial charge in [0.1, 0.15) is 0 Å². The summed E-state index contributed by atoms with van der Waals surface area (Å²) in [5, 5.41) is 27.1. The number of nitro benzene ring substituents is 1. The zero-order valence-corrected chi connectivity index (χ0v) is 22.0. The molecule has 0 spiro atoms. The molecule has 0 aliphatic heterocycles. The van der Waals surface area contributed by atoms with Gasteiger partial charge in [-0.1, -0.05) is 72.8 Å². The standard InChI is InChI=1S/C32H31N3O5/c36-31(34-22-24-14-16-25(17-15-24)28-11-5-6-12-29(28)32(37)38)13-7-4-10-26-20-27(18-19-30(26)35(39)40)33-21-23-8-2-1-3-9-23/h1-3,5-6,8-9,11-12,14-20,33H,4,7,10,13,21-22H2,(H,34,36)(H,37,38). The maximum absolute atomic E-state index is 12.4. The number of hydrogen-bond acceptors (Lipinski definition) is 5. The van der Waals surface area contributed by atoms with Crippen molar-refractivity contribution < 1.29 is 19.6 Å². The highest BCUT2D eigenvalue weighted by atomic mass is 16.6. The number of carbonyl (C=O) groups is 2. The first-order valence-corrected chi connectivity index (χ1v) is 13.1. The molecule has 0 aliphatic carbocycles. The van der Waals surface area contributed by atoms with Crippen LogP contribution < -0.4 is 10.6 Å². The fourth-order valence-electron chi connectivity index (χ4n) is 4.49. The van der Waals surface area contributed by atoms with E-state index in [0.29, 0.717) is 49.9 Å². The zero-order chi connectivity index (χ0) is 28.3. The highest BCUT2D eigenvalue weighted by Crippen LogP contribution is 2.26. The summed E-state index contributed by atoms with van der Waals surface area (Å²) in [6.45, 7) is 0.983. The third-order valence-electron chi connectivity index (χ3n) is 6.63. The monoisotopic (exact) mass is 537 g/mol. The Morgan fingerprint density at radius 2 is 1.50 bits per heavy atom. The van der Waals surface area contributed by atoms with E-state index >= 15 is 0 Å². The van der Waals surface area contributed by atoms with Crippen LogP contribution >= 0.6 is 0 Å². The molecule has 4 aromatic rings. The van der Waals surface area contributed by atoms with Crippen molar-refractivity contribution >= 4 is 23.3 Å². The van der Waals surface area contributed by atoms with Crippen LogP contribution in [0.5, 0.6) is 0 Å². The van der Waals surface area contributed by atoms with E-state index in [2.05, 4.69) is 10.6 Å². The Kier molecular flexibility index (Phi) is 9.61. The number of hydrogen-bond donors (Lipinski definition) is 3. The molecule has 0 fully saturated rings. The maximum atomic E-state index is 12.4. The van der Waals surface area contributed by atoms with Gasteiger partial charge in [-0.25, -0.2) is 4.79 Å². The number of aryl methyl sites for hydroxylation is 1. The van der Waals surface area contributed by atoms with Crippen molar-refractivity contribution in [3.8, 4) is 11.1 Å². The van der Waals surface area contributed by atoms with Gasteiger partial charge in [-0.3, -0.25) is 14.9 Å². The van der Waals surface area contributed by atoms with E-state index in [1.165, 1.54) is 6.07 Å². The average Bonchev–Trinajstić information content (AvgIpc) is 2.98. The summed E-state index contributed by atoms with van der Waals surface area (Å²) in [6, 6.07) is 29.2. The lowest BCUT2D eigenvalue weighted by atomic mass is 9.99. The van der Waals surface area contributed by atoms with Gasteiger partial charge in [0, 0.05) is 36.8 Å². The second-order valence-corrected chi connectivity index (χ2v) is 9.47. The Morgan fingerprint density at radius 1 is 0.800 bits per heavy atom. The molecule has 4 aromatic carbocycles. The van der Waals surface area contributed by atoms with Gasteiger partial charge in [0.05, 0.1) is 10.5 Å². The molecule has 8 heteroatoms. The van der Waals surface area contributed by atoms with E-state index < -0.39 is 5.97 Å². The number of nitrogens with one attached hydrogen (secondary N) is 2. The van der Waals surface area contributed by atoms with Gasteiger partial charge in [-0.2, -0.15) is 0 Å². The van der Waals surface area contributed by atoms with Gasteiger partial charge in [0.15, 0.2) is 0 Å². The number of nitrogens with zero attached hydrogens (tertiary/aromatic N) is 1. The van der Waals surface area contributed by atoms with E-state index in [9.17, 15) is 24.8 Å². The predicted molar refractivity (Wildman–Crippen MR) is 155 cm³/mol. The van der Waals surface area contributed by atoms with Gasteiger partial charge >= 0.3 is 5.97 Å². The Bertz CT molecular complexity index is 1470. The SMILES string of the molecule is O=C(CCCCc1cc(NCc2ccccc2)ccc1[N+](=O)[O-])NCc1ccc(-c2ccccc2C(=O)O)cc1. The van der Waals surface area contributed by atoms with Crippen LogP contribution in [0.2, 0.25) is 0 Å². The van der Waals surface area contributed by atoms with Crippen LogP contribution in [-0.4, -0.2) is 21.9 Å². The van der Waals surface area contributed by atoms with Crippen molar-refractivity contribution in [3.63, 3.8) is 0 Å². The summed E-state index contributed by atoms with van der Waals surface area (Å²) in [4.78, 5) is 35.0. The molecule has 0 radical (unpaired) electrons. The molecule has 3 N–H and O–H groups in total. The summed E-state index contributed by atoms with van der Waals surface area (Å²) < 4.78 is 0.